The first-order chi connectivity index (χ1) is 10.2. The maximum Gasteiger partial charge on any atom is 0.191 e. The highest BCUT2D eigenvalue weighted by Gasteiger charge is 2.13. The molecule has 0 atom stereocenters. The largest absolute Gasteiger partial charge is 0.302 e. The van der Waals surface area contributed by atoms with Crippen molar-refractivity contribution in [2.24, 2.45) is 0 Å². The second-order valence-corrected chi connectivity index (χ2v) is 6.23. The minimum absolute atomic E-state index is 0.0821. The van der Waals surface area contributed by atoms with Crippen LogP contribution in [0.4, 0.5) is 0 Å². The molecule has 2 rings (SSSR count). The number of carbonyl (C=O) groups excluding carboxylic acids is 1. The van der Waals surface area contributed by atoms with Crippen LogP contribution in [0, 0.1) is 0 Å². The average molecular weight is 366 g/mol. The number of hydrogen-bond donors (Lipinski definition) is 0. The molecule has 6 heteroatoms. The number of Topliss-reactive ketones (excluding diaryl/α,β-unsaturated/α-hetero) is 1. The van der Waals surface area contributed by atoms with E-state index in [1.165, 1.54) is 11.8 Å². The third-order valence-electron chi connectivity index (χ3n) is 2.92. The van der Waals surface area contributed by atoms with Crippen LogP contribution in [0.1, 0.15) is 23.1 Å². The highest BCUT2D eigenvalue weighted by Crippen LogP contribution is 2.20. The quantitative estimate of drug-likeness (QED) is 0.425. The molecule has 0 saturated heterocycles. The summed E-state index contributed by atoms with van der Waals surface area (Å²) in [6.07, 6.45) is 2.62. The van der Waals surface area contributed by atoms with Crippen LogP contribution in [0.3, 0.4) is 0 Å². The van der Waals surface area contributed by atoms with Crippen LogP contribution in [0.15, 0.2) is 46.5 Å². The molecule has 21 heavy (non-hydrogen) atoms. The van der Waals surface area contributed by atoms with Crippen molar-refractivity contribution in [3.8, 4) is 0 Å². The molecular weight excluding hydrogens is 350 g/mol. The molecular formula is C15H16BrN3OS. The summed E-state index contributed by atoms with van der Waals surface area (Å²) >= 11 is 4.77. The van der Waals surface area contributed by atoms with Crippen LogP contribution in [-0.4, -0.2) is 26.3 Å². The molecule has 0 radical (unpaired) electrons. The molecule has 0 bridgehead atoms. The summed E-state index contributed by atoms with van der Waals surface area (Å²) in [4.78, 5) is 12.2. The highest BCUT2D eigenvalue weighted by molar-refractivity contribution is 9.10. The van der Waals surface area contributed by atoms with E-state index in [0.717, 1.165) is 21.9 Å². The van der Waals surface area contributed by atoms with Crippen molar-refractivity contribution in [3.05, 3.63) is 52.8 Å². The van der Waals surface area contributed by atoms with Gasteiger partial charge in [-0.1, -0.05) is 52.8 Å². The molecule has 1 heterocycles. The van der Waals surface area contributed by atoms with Crippen LogP contribution in [-0.2, 0) is 13.0 Å². The molecule has 0 fully saturated rings. The van der Waals surface area contributed by atoms with E-state index in [0.29, 0.717) is 17.9 Å². The molecule has 0 N–H and O–H groups in total. The number of ketones is 1. The summed E-state index contributed by atoms with van der Waals surface area (Å²) < 4.78 is 2.96. The molecule has 1 aromatic heterocycles. The monoisotopic (exact) mass is 365 g/mol. The molecule has 0 aliphatic rings. The zero-order chi connectivity index (χ0) is 15.2. The van der Waals surface area contributed by atoms with E-state index in [4.69, 9.17) is 0 Å². The van der Waals surface area contributed by atoms with E-state index < -0.39 is 0 Å². The van der Waals surface area contributed by atoms with Crippen molar-refractivity contribution in [2.45, 2.75) is 25.0 Å². The van der Waals surface area contributed by atoms with Crippen molar-refractivity contribution in [3.63, 3.8) is 0 Å². The summed E-state index contributed by atoms with van der Waals surface area (Å²) in [6.45, 7) is 6.44. The second kappa shape index (κ2) is 7.56. The predicted octanol–water partition coefficient (Wildman–Crippen LogP) is 3.76. The van der Waals surface area contributed by atoms with Crippen LogP contribution >= 0.6 is 27.7 Å². The van der Waals surface area contributed by atoms with E-state index in [-0.39, 0.29) is 5.78 Å². The number of allylic oxidation sites excluding steroid dienone is 1. The third-order valence-corrected chi connectivity index (χ3v) is 4.42. The van der Waals surface area contributed by atoms with Gasteiger partial charge in [-0.05, 0) is 12.1 Å². The Morgan fingerprint density at radius 2 is 2.10 bits per heavy atom. The van der Waals surface area contributed by atoms with E-state index in [1.807, 2.05) is 41.8 Å². The standard InChI is InChI=1S/C15H16BrN3OS/c1-3-9-19-14(4-2)17-18-15(19)21-10-13(20)11-5-7-12(16)8-6-11/h3,5-8H,1,4,9-10H2,2H3. The lowest BCUT2D eigenvalue weighted by molar-refractivity contribution is 0.102. The second-order valence-electron chi connectivity index (χ2n) is 4.37. The van der Waals surface area contributed by atoms with Crippen molar-refractivity contribution in [2.75, 3.05) is 5.75 Å². The molecule has 0 amide bonds. The Hall–Kier alpha value is -1.40. The van der Waals surface area contributed by atoms with Gasteiger partial charge in [0.1, 0.15) is 5.82 Å². The SMILES string of the molecule is C=CCn1c(CC)nnc1SCC(=O)c1ccc(Br)cc1. The smallest absolute Gasteiger partial charge is 0.191 e. The van der Waals surface area contributed by atoms with Gasteiger partial charge in [0.05, 0.1) is 5.75 Å². The zero-order valence-electron chi connectivity index (χ0n) is 11.8. The predicted molar refractivity (Wildman–Crippen MR) is 88.8 cm³/mol. The lowest BCUT2D eigenvalue weighted by Crippen LogP contribution is -2.06. The first-order valence-electron chi connectivity index (χ1n) is 6.60. The van der Waals surface area contributed by atoms with Gasteiger partial charge < -0.3 is 4.57 Å². The van der Waals surface area contributed by atoms with Gasteiger partial charge in [-0.15, -0.1) is 16.8 Å². The first kappa shape index (κ1) is 16.0. The van der Waals surface area contributed by atoms with Crippen LogP contribution in [0.2, 0.25) is 0 Å². The molecule has 2 aromatic rings. The average Bonchev–Trinajstić information content (AvgIpc) is 2.88. The number of hydrogen-bond acceptors (Lipinski definition) is 4. The molecule has 4 nitrogen and oxygen atoms in total. The first-order valence-corrected chi connectivity index (χ1v) is 8.38. The van der Waals surface area contributed by atoms with Gasteiger partial charge in [0.25, 0.3) is 0 Å². The molecule has 0 saturated carbocycles. The Kier molecular flexibility index (Phi) is 5.76. The van der Waals surface area contributed by atoms with Crippen molar-refractivity contribution in [1.29, 1.82) is 0 Å². The summed E-state index contributed by atoms with van der Waals surface area (Å²) in [5, 5.41) is 9.06. The number of halogens is 1. The molecule has 1 aromatic carbocycles. The number of benzene rings is 1. The number of thioether (sulfide) groups is 1. The van der Waals surface area contributed by atoms with E-state index in [9.17, 15) is 4.79 Å². The summed E-state index contributed by atoms with van der Waals surface area (Å²) in [5.74, 6) is 1.34. The van der Waals surface area contributed by atoms with Gasteiger partial charge in [0.15, 0.2) is 10.9 Å². The number of carbonyl (C=O) groups is 1. The fraction of sp³-hybridized carbons (Fsp3) is 0.267. The number of aromatic nitrogens is 3. The molecule has 0 unspecified atom stereocenters. The van der Waals surface area contributed by atoms with Gasteiger partial charge in [-0.25, -0.2) is 0 Å². The molecule has 0 aliphatic heterocycles. The minimum atomic E-state index is 0.0821. The summed E-state index contributed by atoms with van der Waals surface area (Å²) in [7, 11) is 0. The summed E-state index contributed by atoms with van der Waals surface area (Å²) in [5.41, 5.74) is 0.705. The Bertz CT molecular complexity index is 637. The number of aryl methyl sites for hydroxylation is 1. The topological polar surface area (TPSA) is 47.8 Å². The van der Waals surface area contributed by atoms with E-state index >= 15 is 0 Å². The van der Waals surface area contributed by atoms with Gasteiger partial charge in [0.2, 0.25) is 0 Å². The maximum atomic E-state index is 12.2. The van der Waals surface area contributed by atoms with Gasteiger partial charge in [-0.2, -0.15) is 0 Å². The fourth-order valence-electron chi connectivity index (χ4n) is 1.85. The highest BCUT2D eigenvalue weighted by atomic mass is 79.9. The minimum Gasteiger partial charge on any atom is -0.302 e. The lowest BCUT2D eigenvalue weighted by atomic mass is 10.2. The van der Waals surface area contributed by atoms with E-state index in [2.05, 4.69) is 32.7 Å². The van der Waals surface area contributed by atoms with Crippen molar-refractivity contribution >= 4 is 33.5 Å². The Labute approximate surface area is 136 Å². The van der Waals surface area contributed by atoms with Gasteiger partial charge in [-0.3, -0.25) is 4.79 Å². The van der Waals surface area contributed by atoms with E-state index in [1.54, 1.807) is 0 Å². The number of nitrogens with zero attached hydrogens (tertiary/aromatic N) is 3. The van der Waals surface area contributed by atoms with Crippen LogP contribution < -0.4 is 0 Å². The number of rotatable bonds is 7. The van der Waals surface area contributed by atoms with Crippen molar-refractivity contribution < 1.29 is 4.79 Å². The Morgan fingerprint density at radius 1 is 1.38 bits per heavy atom. The van der Waals surface area contributed by atoms with Crippen molar-refractivity contribution in [1.82, 2.24) is 14.8 Å². The lowest BCUT2D eigenvalue weighted by Gasteiger charge is -2.06. The fourth-order valence-corrected chi connectivity index (χ4v) is 2.97. The molecule has 0 aliphatic carbocycles. The Balaban J connectivity index is 2.05. The molecule has 110 valence electrons. The van der Waals surface area contributed by atoms with Gasteiger partial charge in [0, 0.05) is 23.0 Å². The summed E-state index contributed by atoms with van der Waals surface area (Å²) in [6, 6.07) is 7.37. The maximum absolute atomic E-state index is 12.2. The third kappa shape index (κ3) is 4.04. The van der Waals surface area contributed by atoms with Crippen LogP contribution in [0.5, 0.6) is 0 Å². The molecule has 0 spiro atoms. The Morgan fingerprint density at radius 3 is 2.71 bits per heavy atom. The van der Waals surface area contributed by atoms with Crippen LogP contribution in [0.25, 0.3) is 0 Å². The zero-order valence-corrected chi connectivity index (χ0v) is 14.2. The van der Waals surface area contributed by atoms with Gasteiger partial charge >= 0.3 is 0 Å². The normalized spacial score (nSPS) is 10.6.